The molecule has 0 aliphatic rings. The van der Waals surface area contributed by atoms with Crippen molar-refractivity contribution < 1.29 is 22.6 Å². The Bertz CT molecular complexity index is 946. The summed E-state index contributed by atoms with van der Waals surface area (Å²) in [5.74, 6) is -0.715. The summed E-state index contributed by atoms with van der Waals surface area (Å²) in [5, 5.41) is 17.7. The molecule has 26 heavy (non-hydrogen) atoms. The molecule has 11 nitrogen and oxygen atoms in total. The van der Waals surface area contributed by atoms with E-state index in [9.17, 15) is 18.0 Å². The van der Waals surface area contributed by atoms with Crippen LogP contribution in [0.5, 0.6) is 0 Å². The van der Waals surface area contributed by atoms with E-state index in [1.54, 1.807) is 0 Å². The van der Waals surface area contributed by atoms with Gasteiger partial charge in [0.1, 0.15) is 5.69 Å². The van der Waals surface area contributed by atoms with Gasteiger partial charge in [0.2, 0.25) is 11.6 Å². The van der Waals surface area contributed by atoms with Gasteiger partial charge >= 0.3 is 6.18 Å². The molecule has 3 N–H and O–H groups in total. The number of anilines is 1. The molecule has 0 bridgehead atoms. The third-order valence-corrected chi connectivity index (χ3v) is 2.90. The molecule has 0 fully saturated rings. The maximum atomic E-state index is 12.4. The summed E-state index contributed by atoms with van der Waals surface area (Å²) in [7, 11) is 0. The normalized spacial score (nSPS) is 11.8. The smallest absolute Gasteiger partial charge is 0.378 e. The molecule has 3 rings (SSSR count). The Morgan fingerprint density at radius 1 is 1.35 bits per heavy atom. The molecule has 3 aromatic rings. The summed E-state index contributed by atoms with van der Waals surface area (Å²) in [4.78, 5) is 15.2. The van der Waals surface area contributed by atoms with Gasteiger partial charge in [0.15, 0.2) is 5.69 Å². The van der Waals surface area contributed by atoms with Crippen molar-refractivity contribution in [1.29, 1.82) is 0 Å². The molecule has 0 aromatic carbocycles. The predicted octanol–water partition coefficient (Wildman–Crippen LogP) is 0.410. The quantitative estimate of drug-likeness (QED) is 0.497. The molecule has 134 valence electrons. The number of pyridine rings is 1. The van der Waals surface area contributed by atoms with Crippen LogP contribution in [0.1, 0.15) is 21.7 Å². The van der Waals surface area contributed by atoms with Crippen LogP contribution in [0.25, 0.3) is 5.82 Å². The van der Waals surface area contributed by atoms with Crippen molar-refractivity contribution in [1.82, 2.24) is 35.7 Å². The predicted molar refractivity (Wildman–Crippen MR) is 77.9 cm³/mol. The number of hydrogen-bond acceptors (Lipinski definition) is 9. The highest BCUT2D eigenvalue weighted by Gasteiger charge is 2.31. The molecule has 0 saturated carbocycles. The van der Waals surface area contributed by atoms with Crippen molar-refractivity contribution in [3.05, 3.63) is 41.5 Å². The Balaban J connectivity index is 1.63. The van der Waals surface area contributed by atoms with Crippen LogP contribution in [-0.4, -0.2) is 42.4 Å². The number of nitrogens with zero attached hydrogens (tertiary/aromatic N) is 7. The summed E-state index contributed by atoms with van der Waals surface area (Å²) >= 11 is 0. The average molecular weight is 367 g/mol. The van der Waals surface area contributed by atoms with Gasteiger partial charge in [-0.2, -0.15) is 23.0 Å². The number of halogens is 3. The molecule has 14 heteroatoms. The highest BCUT2D eigenvalue weighted by atomic mass is 19.4. The van der Waals surface area contributed by atoms with Crippen molar-refractivity contribution >= 4 is 17.9 Å². The highest BCUT2D eigenvalue weighted by Crippen LogP contribution is 2.26. The Hall–Kier alpha value is -3.84. The maximum Gasteiger partial charge on any atom is 0.433 e. The van der Waals surface area contributed by atoms with Gasteiger partial charge in [0.05, 0.1) is 12.4 Å². The van der Waals surface area contributed by atoms with E-state index in [1.165, 1.54) is 6.20 Å². The number of alkyl halides is 3. The molecule has 3 heterocycles. The number of aromatic nitrogens is 6. The molecule has 1 amide bonds. The van der Waals surface area contributed by atoms with E-state index >= 15 is 0 Å². The van der Waals surface area contributed by atoms with Gasteiger partial charge in [-0.15, -0.1) is 5.10 Å². The molecular formula is C12H8F3N9O2. The second-order valence-electron chi connectivity index (χ2n) is 4.70. The molecule has 0 saturated heterocycles. The average Bonchev–Trinajstić information content (AvgIpc) is 3.23. The monoisotopic (exact) mass is 367 g/mol. The number of nitrogen functional groups attached to an aromatic ring is 1. The first-order valence-electron chi connectivity index (χ1n) is 6.72. The molecule has 3 aromatic heterocycles. The van der Waals surface area contributed by atoms with E-state index in [4.69, 9.17) is 5.73 Å². The fraction of sp³-hybridized carbons (Fsp3) is 0.0833. The van der Waals surface area contributed by atoms with Crippen molar-refractivity contribution in [2.75, 3.05) is 5.73 Å². The summed E-state index contributed by atoms with van der Waals surface area (Å²) in [6.07, 6.45) is -1.23. The number of hydrogen-bond donors (Lipinski definition) is 2. The number of carbonyl (C=O) groups is 1. The van der Waals surface area contributed by atoms with Gasteiger partial charge in [-0.1, -0.05) is 5.21 Å². The van der Waals surface area contributed by atoms with Crippen LogP contribution in [0, 0.1) is 0 Å². The fourth-order valence-electron chi connectivity index (χ4n) is 1.69. The van der Waals surface area contributed by atoms with Crippen molar-refractivity contribution in [3.8, 4) is 5.82 Å². The highest BCUT2D eigenvalue weighted by molar-refractivity contribution is 5.92. The second kappa shape index (κ2) is 6.58. The lowest BCUT2D eigenvalue weighted by Gasteiger charge is -2.04. The van der Waals surface area contributed by atoms with Gasteiger partial charge in [0.25, 0.3) is 5.91 Å². The first-order valence-corrected chi connectivity index (χ1v) is 6.72. The van der Waals surface area contributed by atoms with Crippen molar-refractivity contribution in [2.24, 2.45) is 5.10 Å². The lowest BCUT2D eigenvalue weighted by molar-refractivity contribution is -0.141. The van der Waals surface area contributed by atoms with E-state index in [2.05, 4.69) is 40.8 Å². The lowest BCUT2D eigenvalue weighted by Crippen LogP contribution is -2.18. The Morgan fingerprint density at radius 2 is 2.15 bits per heavy atom. The first kappa shape index (κ1) is 17.0. The third kappa shape index (κ3) is 3.63. The fourth-order valence-corrected chi connectivity index (χ4v) is 1.69. The molecule has 0 radical (unpaired) electrons. The Labute approximate surface area is 141 Å². The number of carbonyl (C=O) groups excluding carboxylic acids is 1. The zero-order chi connectivity index (χ0) is 18.7. The van der Waals surface area contributed by atoms with E-state index < -0.39 is 17.8 Å². The largest absolute Gasteiger partial charge is 0.433 e. The van der Waals surface area contributed by atoms with E-state index in [0.29, 0.717) is 0 Å². The lowest BCUT2D eigenvalue weighted by atomic mass is 10.2. The SMILES string of the molecule is Nc1nonc1-n1cc(C(=O)NN=Cc2ccc(C(F)(F)F)nc2)nn1. The molecule has 0 aliphatic carbocycles. The van der Waals surface area contributed by atoms with Crippen LogP contribution in [0.4, 0.5) is 19.0 Å². The molecular weight excluding hydrogens is 359 g/mol. The Kier molecular flexibility index (Phi) is 4.30. The number of nitrogens with two attached hydrogens (primary N) is 1. The minimum atomic E-state index is -4.53. The number of rotatable bonds is 4. The number of amides is 1. The van der Waals surface area contributed by atoms with Crippen molar-refractivity contribution in [3.63, 3.8) is 0 Å². The van der Waals surface area contributed by atoms with E-state index in [1.807, 2.05) is 0 Å². The molecule has 0 atom stereocenters. The topological polar surface area (TPSA) is 150 Å². The minimum Gasteiger partial charge on any atom is -0.378 e. The summed E-state index contributed by atoms with van der Waals surface area (Å²) in [5.41, 5.74) is 6.73. The summed E-state index contributed by atoms with van der Waals surface area (Å²) in [6.45, 7) is 0. The van der Waals surface area contributed by atoms with Gasteiger partial charge < -0.3 is 5.73 Å². The number of hydrazone groups is 1. The standard InChI is InChI=1S/C12H8F3N9O2/c13-12(14,15)8-2-1-6(3-17-8)4-18-20-11(25)7-5-24(23-19-7)10-9(16)21-26-22-10/h1-5H,(H2,16,21)(H,20,25). The Morgan fingerprint density at radius 3 is 2.77 bits per heavy atom. The number of nitrogens with one attached hydrogen (secondary N) is 1. The van der Waals surface area contributed by atoms with Gasteiger partial charge in [-0.05, 0) is 22.4 Å². The van der Waals surface area contributed by atoms with Crippen LogP contribution in [0.15, 0.2) is 34.3 Å². The first-order chi connectivity index (χ1) is 12.3. The third-order valence-electron chi connectivity index (χ3n) is 2.90. The van der Waals surface area contributed by atoms with E-state index in [0.717, 1.165) is 29.2 Å². The zero-order valence-corrected chi connectivity index (χ0v) is 12.5. The summed E-state index contributed by atoms with van der Waals surface area (Å²) in [6, 6.07) is 1.95. The van der Waals surface area contributed by atoms with Crippen molar-refractivity contribution in [2.45, 2.75) is 6.18 Å². The van der Waals surface area contributed by atoms with Crippen LogP contribution in [0.3, 0.4) is 0 Å². The van der Waals surface area contributed by atoms with E-state index in [-0.39, 0.29) is 22.9 Å². The van der Waals surface area contributed by atoms with Crippen LogP contribution in [-0.2, 0) is 6.18 Å². The van der Waals surface area contributed by atoms with Crippen LogP contribution < -0.4 is 11.2 Å². The van der Waals surface area contributed by atoms with Gasteiger partial charge in [-0.25, -0.2) is 10.1 Å². The molecule has 0 unspecified atom stereocenters. The second-order valence-corrected chi connectivity index (χ2v) is 4.70. The molecule has 0 spiro atoms. The van der Waals surface area contributed by atoms with Gasteiger partial charge in [0, 0.05) is 11.8 Å². The van der Waals surface area contributed by atoms with Gasteiger partial charge in [-0.3, -0.25) is 9.78 Å². The van der Waals surface area contributed by atoms with Crippen LogP contribution >= 0.6 is 0 Å². The zero-order valence-electron chi connectivity index (χ0n) is 12.5. The maximum absolute atomic E-state index is 12.4. The molecule has 0 aliphatic heterocycles. The van der Waals surface area contributed by atoms with Crippen LogP contribution in [0.2, 0.25) is 0 Å². The summed E-state index contributed by atoms with van der Waals surface area (Å²) < 4.78 is 42.7. The minimum absolute atomic E-state index is 0.0466.